The molecule has 2 amide bonds. The minimum atomic E-state index is -0.249. The fraction of sp³-hybridized carbons (Fsp3) is 0.182. The standard InChI is InChI=1S/C22H22N4O3S/c1-29-18-9-7-16(8-10-18)13-14-23-20(27)15-30-21-12-11-19(25-26-21)24-22(28)17-5-3-2-4-6-17/h2-12H,13-15H2,1H3,(H,23,27)(H,24,25,28). The van der Waals surface area contributed by atoms with E-state index >= 15 is 0 Å². The number of nitrogens with zero attached hydrogens (tertiary/aromatic N) is 2. The molecule has 8 heteroatoms. The van der Waals surface area contributed by atoms with Crippen LogP contribution in [0.2, 0.25) is 0 Å². The van der Waals surface area contributed by atoms with E-state index in [1.807, 2.05) is 30.3 Å². The van der Waals surface area contributed by atoms with E-state index in [4.69, 9.17) is 4.74 Å². The molecule has 2 N–H and O–H groups in total. The maximum absolute atomic E-state index is 12.1. The molecule has 30 heavy (non-hydrogen) atoms. The summed E-state index contributed by atoms with van der Waals surface area (Å²) in [5.74, 6) is 1.09. The summed E-state index contributed by atoms with van der Waals surface area (Å²) >= 11 is 1.29. The molecular formula is C22H22N4O3S. The lowest BCUT2D eigenvalue weighted by molar-refractivity contribution is -0.118. The molecule has 0 aliphatic carbocycles. The molecular weight excluding hydrogens is 400 g/mol. The van der Waals surface area contributed by atoms with Crippen molar-refractivity contribution in [2.75, 3.05) is 24.7 Å². The molecule has 3 aromatic rings. The highest BCUT2D eigenvalue weighted by atomic mass is 32.2. The van der Waals surface area contributed by atoms with Gasteiger partial charge in [-0.15, -0.1) is 10.2 Å². The molecule has 3 rings (SSSR count). The van der Waals surface area contributed by atoms with Crippen LogP contribution in [0.5, 0.6) is 5.75 Å². The van der Waals surface area contributed by atoms with Gasteiger partial charge in [0.15, 0.2) is 5.82 Å². The molecule has 0 fully saturated rings. The number of methoxy groups -OCH3 is 1. The summed E-state index contributed by atoms with van der Waals surface area (Å²) < 4.78 is 5.13. The molecule has 0 atom stereocenters. The van der Waals surface area contributed by atoms with Crippen molar-refractivity contribution in [1.29, 1.82) is 0 Å². The first kappa shape index (κ1) is 21.3. The number of rotatable bonds is 9. The van der Waals surface area contributed by atoms with E-state index < -0.39 is 0 Å². The van der Waals surface area contributed by atoms with Gasteiger partial charge >= 0.3 is 0 Å². The third kappa shape index (κ3) is 6.59. The zero-order valence-electron chi connectivity index (χ0n) is 16.5. The van der Waals surface area contributed by atoms with Gasteiger partial charge in [-0.25, -0.2) is 0 Å². The highest BCUT2D eigenvalue weighted by Gasteiger charge is 2.08. The van der Waals surface area contributed by atoms with Crippen LogP contribution in [0.3, 0.4) is 0 Å². The Balaban J connectivity index is 1.38. The Morgan fingerprint density at radius 2 is 1.73 bits per heavy atom. The van der Waals surface area contributed by atoms with Crippen LogP contribution in [0.4, 0.5) is 5.82 Å². The number of aromatic nitrogens is 2. The predicted molar refractivity (Wildman–Crippen MR) is 117 cm³/mol. The van der Waals surface area contributed by atoms with Crippen LogP contribution in [0.1, 0.15) is 15.9 Å². The second kappa shape index (κ2) is 11.0. The van der Waals surface area contributed by atoms with Crippen molar-refractivity contribution in [1.82, 2.24) is 15.5 Å². The second-order valence-electron chi connectivity index (χ2n) is 6.31. The van der Waals surface area contributed by atoms with E-state index in [-0.39, 0.29) is 17.6 Å². The van der Waals surface area contributed by atoms with Gasteiger partial charge in [-0.3, -0.25) is 9.59 Å². The van der Waals surface area contributed by atoms with Crippen molar-refractivity contribution in [2.24, 2.45) is 0 Å². The van der Waals surface area contributed by atoms with E-state index in [9.17, 15) is 9.59 Å². The summed E-state index contributed by atoms with van der Waals surface area (Å²) in [6.07, 6.45) is 0.746. The molecule has 7 nitrogen and oxygen atoms in total. The van der Waals surface area contributed by atoms with Crippen molar-refractivity contribution < 1.29 is 14.3 Å². The van der Waals surface area contributed by atoms with Gasteiger partial charge in [0.05, 0.1) is 12.9 Å². The molecule has 0 saturated heterocycles. The number of amides is 2. The van der Waals surface area contributed by atoms with E-state index in [1.165, 1.54) is 11.8 Å². The minimum absolute atomic E-state index is 0.0724. The largest absolute Gasteiger partial charge is 0.497 e. The van der Waals surface area contributed by atoms with Crippen LogP contribution in [0.15, 0.2) is 71.8 Å². The van der Waals surface area contributed by atoms with Crippen molar-refractivity contribution in [3.8, 4) is 5.75 Å². The van der Waals surface area contributed by atoms with Crippen LogP contribution in [-0.2, 0) is 11.2 Å². The molecule has 0 bridgehead atoms. The monoisotopic (exact) mass is 422 g/mol. The van der Waals surface area contributed by atoms with Gasteiger partial charge in [-0.2, -0.15) is 0 Å². The highest BCUT2D eigenvalue weighted by molar-refractivity contribution is 7.99. The van der Waals surface area contributed by atoms with Gasteiger partial charge in [0, 0.05) is 12.1 Å². The maximum atomic E-state index is 12.1. The highest BCUT2D eigenvalue weighted by Crippen LogP contribution is 2.16. The lowest BCUT2D eigenvalue weighted by Gasteiger charge is -2.07. The van der Waals surface area contributed by atoms with Crippen LogP contribution in [-0.4, -0.2) is 41.4 Å². The summed E-state index contributed by atoms with van der Waals surface area (Å²) in [7, 11) is 1.63. The van der Waals surface area contributed by atoms with Gasteiger partial charge in [0.2, 0.25) is 5.91 Å². The van der Waals surface area contributed by atoms with Crippen molar-refractivity contribution >= 4 is 29.4 Å². The molecule has 0 unspecified atom stereocenters. The number of carbonyl (C=O) groups excluding carboxylic acids is 2. The summed E-state index contributed by atoms with van der Waals surface area (Å²) in [6.45, 7) is 0.557. The van der Waals surface area contributed by atoms with Gasteiger partial charge < -0.3 is 15.4 Å². The molecule has 1 heterocycles. The third-order valence-corrected chi connectivity index (χ3v) is 5.08. The Bertz CT molecular complexity index is 964. The predicted octanol–water partition coefficient (Wildman–Crippen LogP) is 3.19. The molecule has 1 aromatic heterocycles. The minimum Gasteiger partial charge on any atom is -0.497 e. The number of carbonyl (C=O) groups is 2. The summed E-state index contributed by atoms with van der Waals surface area (Å²) in [5.41, 5.74) is 1.67. The van der Waals surface area contributed by atoms with Crippen molar-refractivity contribution in [2.45, 2.75) is 11.4 Å². The van der Waals surface area contributed by atoms with E-state index in [2.05, 4.69) is 20.8 Å². The van der Waals surface area contributed by atoms with E-state index in [0.717, 1.165) is 17.7 Å². The zero-order chi connectivity index (χ0) is 21.2. The molecule has 0 aliphatic rings. The van der Waals surface area contributed by atoms with Crippen molar-refractivity contribution in [3.63, 3.8) is 0 Å². The quantitative estimate of drug-likeness (QED) is 0.515. The first-order chi connectivity index (χ1) is 14.6. The molecule has 154 valence electrons. The number of ether oxygens (including phenoxy) is 1. The molecule has 0 saturated carbocycles. The topological polar surface area (TPSA) is 93.2 Å². The van der Waals surface area contributed by atoms with Crippen molar-refractivity contribution in [3.05, 3.63) is 77.9 Å². The Labute approximate surface area is 179 Å². The smallest absolute Gasteiger partial charge is 0.256 e. The Morgan fingerprint density at radius 1 is 0.967 bits per heavy atom. The van der Waals surface area contributed by atoms with Gasteiger partial charge in [0.1, 0.15) is 10.8 Å². The lowest BCUT2D eigenvalue weighted by Crippen LogP contribution is -2.27. The zero-order valence-corrected chi connectivity index (χ0v) is 17.3. The lowest BCUT2D eigenvalue weighted by atomic mass is 10.1. The number of anilines is 1. The van der Waals surface area contributed by atoms with Crippen LogP contribution < -0.4 is 15.4 Å². The van der Waals surface area contributed by atoms with E-state index in [1.54, 1.807) is 43.5 Å². The van der Waals surface area contributed by atoms with Gasteiger partial charge in [-0.05, 0) is 48.4 Å². The molecule has 0 aliphatic heterocycles. The average molecular weight is 423 g/mol. The van der Waals surface area contributed by atoms with Gasteiger partial charge in [0.25, 0.3) is 5.91 Å². The first-order valence-corrected chi connectivity index (χ1v) is 10.3. The summed E-state index contributed by atoms with van der Waals surface area (Å²) in [5, 5.41) is 14.2. The summed E-state index contributed by atoms with van der Waals surface area (Å²) in [4.78, 5) is 24.1. The van der Waals surface area contributed by atoms with Crippen LogP contribution in [0, 0.1) is 0 Å². The molecule has 0 spiro atoms. The Kier molecular flexibility index (Phi) is 7.79. The third-order valence-electron chi connectivity index (χ3n) is 4.16. The fourth-order valence-corrected chi connectivity index (χ4v) is 3.21. The summed E-state index contributed by atoms with van der Waals surface area (Å²) in [6, 6.07) is 20.0. The Morgan fingerprint density at radius 3 is 2.40 bits per heavy atom. The first-order valence-electron chi connectivity index (χ1n) is 9.36. The van der Waals surface area contributed by atoms with Crippen LogP contribution >= 0.6 is 11.8 Å². The number of hydrogen-bond acceptors (Lipinski definition) is 6. The fourth-order valence-electron chi connectivity index (χ4n) is 2.57. The number of benzene rings is 2. The normalized spacial score (nSPS) is 10.3. The molecule has 0 radical (unpaired) electrons. The molecule has 2 aromatic carbocycles. The second-order valence-corrected chi connectivity index (χ2v) is 7.31. The number of thioether (sulfide) groups is 1. The number of nitrogens with one attached hydrogen (secondary N) is 2. The van der Waals surface area contributed by atoms with Gasteiger partial charge in [-0.1, -0.05) is 42.1 Å². The SMILES string of the molecule is COc1ccc(CCNC(=O)CSc2ccc(NC(=O)c3ccccc3)nn2)cc1. The van der Waals surface area contributed by atoms with E-state index in [0.29, 0.717) is 23.0 Å². The maximum Gasteiger partial charge on any atom is 0.256 e. The van der Waals surface area contributed by atoms with Crippen LogP contribution in [0.25, 0.3) is 0 Å². The number of hydrogen-bond donors (Lipinski definition) is 2. The average Bonchev–Trinajstić information content (AvgIpc) is 2.79. The Hall–Kier alpha value is -3.39.